The maximum atomic E-state index is 12.7. The molecule has 0 saturated heterocycles. The fourth-order valence-electron chi connectivity index (χ4n) is 3.82. The highest BCUT2D eigenvalue weighted by atomic mass is 32.1. The highest BCUT2D eigenvalue weighted by molar-refractivity contribution is 7.17. The van der Waals surface area contributed by atoms with Gasteiger partial charge in [-0.2, -0.15) is 0 Å². The quantitative estimate of drug-likeness (QED) is 0.553. The number of esters is 1. The van der Waals surface area contributed by atoms with Gasteiger partial charge >= 0.3 is 5.97 Å². The molecule has 1 aliphatic rings. The molecular formula is C23H25N2O3S2+. The minimum atomic E-state index is -0.340. The first-order valence-corrected chi connectivity index (χ1v) is 11.8. The summed E-state index contributed by atoms with van der Waals surface area (Å²) in [6.07, 6.45) is 1.12. The number of rotatable bonds is 7. The molecule has 3 aromatic rings. The van der Waals surface area contributed by atoms with Crippen LogP contribution in [0.4, 0.5) is 5.00 Å². The predicted octanol–water partition coefficient (Wildman–Crippen LogP) is 3.31. The lowest BCUT2D eigenvalue weighted by atomic mass is 10.0. The molecule has 1 aliphatic heterocycles. The zero-order chi connectivity index (χ0) is 20.9. The highest BCUT2D eigenvalue weighted by Gasteiger charge is 2.31. The Balaban J connectivity index is 1.54. The molecule has 0 spiro atoms. The van der Waals surface area contributed by atoms with Gasteiger partial charge in [-0.15, -0.1) is 22.7 Å². The van der Waals surface area contributed by atoms with E-state index in [1.54, 1.807) is 18.3 Å². The van der Waals surface area contributed by atoms with E-state index in [0.29, 0.717) is 23.6 Å². The van der Waals surface area contributed by atoms with Crippen molar-refractivity contribution in [1.82, 2.24) is 0 Å². The fourth-order valence-corrected chi connectivity index (χ4v) is 5.85. The van der Waals surface area contributed by atoms with Crippen molar-refractivity contribution < 1.29 is 19.2 Å². The van der Waals surface area contributed by atoms with E-state index in [0.717, 1.165) is 36.5 Å². The molecule has 0 aliphatic carbocycles. The molecule has 0 bridgehead atoms. The van der Waals surface area contributed by atoms with Crippen molar-refractivity contribution in [2.45, 2.75) is 32.9 Å². The van der Waals surface area contributed by atoms with E-state index >= 15 is 0 Å². The lowest BCUT2D eigenvalue weighted by Gasteiger charge is -2.24. The third-order valence-electron chi connectivity index (χ3n) is 5.17. The molecule has 3 heterocycles. The molecule has 0 fully saturated rings. The van der Waals surface area contributed by atoms with Gasteiger partial charge in [0.05, 0.1) is 30.0 Å². The summed E-state index contributed by atoms with van der Waals surface area (Å²) in [6.45, 7) is 4.87. The van der Waals surface area contributed by atoms with Crippen LogP contribution < -0.4 is 10.2 Å². The molecule has 0 saturated carbocycles. The van der Waals surface area contributed by atoms with E-state index in [1.807, 2.05) is 23.6 Å². The molecule has 1 aromatic carbocycles. The van der Waals surface area contributed by atoms with Crippen molar-refractivity contribution in [2.75, 3.05) is 18.5 Å². The van der Waals surface area contributed by atoms with Crippen LogP contribution in [0.3, 0.4) is 0 Å². The molecule has 5 nitrogen and oxygen atoms in total. The van der Waals surface area contributed by atoms with Gasteiger partial charge in [-0.25, -0.2) is 4.79 Å². The van der Waals surface area contributed by atoms with E-state index in [2.05, 4.69) is 29.6 Å². The van der Waals surface area contributed by atoms with Crippen LogP contribution >= 0.6 is 22.7 Å². The molecule has 2 N–H and O–H groups in total. The van der Waals surface area contributed by atoms with Gasteiger partial charge in [0.25, 0.3) is 0 Å². The minimum Gasteiger partial charge on any atom is -0.462 e. The number of nitrogens with one attached hydrogen (secondary N) is 2. The number of hydrogen-bond acceptors (Lipinski definition) is 5. The number of ether oxygens (including phenoxy) is 1. The monoisotopic (exact) mass is 441 g/mol. The average Bonchev–Trinajstić information content (AvgIpc) is 3.35. The van der Waals surface area contributed by atoms with Gasteiger partial charge in [-0.3, -0.25) is 4.79 Å². The van der Waals surface area contributed by atoms with Crippen LogP contribution in [0.1, 0.15) is 38.2 Å². The van der Waals surface area contributed by atoms with Crippen molar-refractivity contribution >= 4 is 39.6 Å². The lowest BCUT2D eigenvalue weighted by molar-refractivity contribution is -0.929. The smallest absolute Gasteiger partial charge is 0.341 e. The first kappa shape index (κ1) is 20.8. The predicted molar refractivity (Wildman–Crippen MR) is 120 cm³/mol. The van der Waals surface area contributed by atoms with Gasteiger partial charge in [0, 0.05) is 16.9 Å². The average molecular weight is 442 g/mol. The third kappa shape index (κ3) is 4.80. The second-order valence-electron chi connectivity index (χ2n) is 7.32. The third-order valence-corrected chi connectivity index (χ3v) is 7.20. The number of hydrogen-bond donors (Lipinski definition) is 2. The highest BCUT2D eigenvalue weighted by Crippen LogP contribution is 2.35. The van der Waals surface area contributed by atoms with Gasteiger partial charge < -0.3 is 15.0 Å². The topological polar surface area (TPSA) is 59.8 Å². The molecule has 1 unspecified atom stereocenters. The Morgan fingerprint density at radius 3 is 2.73 bits per heavy atom. The summed E-state index contributed by atoms with van der Waals surface area (Å²) < 4.78 is 5.31. The number of carbonyl (C=O) groups excluding carboxylic acids is 2. The molecule has 156 valence electrons. The Bertz CT molecular complexity index is 1010. The van der Waals surface area contributed by atoms with Crippen LogP contribution in [0.2, 0.25) is 0 Å². The Morgan fingerprint density at radius 1 is 1.17 bits per heavy atom. The zero-order valence-corrected chi connectivity index (χ0v) is 18.5. The lowest BCUT2D eigenvalue weighted by Crippen LogP contribution is -3.10. The molecule has 30 heavy (non-hydrogen) atoms. The van der Waals surface area contributed by atoms with E-state index < -0.39 is 0 Å². The molecular weight excluding hydrogens is 416 g/mol. The standard InChI is InChI=1S/C23H24N2O3S2/c1-2-28-23(27)21-18-10-11-25(14-16-7-4-3-5-8-16)15-19(18)30-22(21)24-20(26)13-17-9-6-12-29-17/h3-9,12H,2,10-11,13-15H2,1H3,(H,24,26)/p+1. The fraction of sp³-hybridized carbons (Fsp3) is 0.304. The number of fused-ring (bicyclic) bond motifs is 1. The molecule has 0 radical (unpaired) electrons. The van der Waals surface area contributed by atoms with Gasteiger partial charge in [-0.1, -0.05) is 36.4 Å². The van der Waals surface area contributed by atoms with Crippen LogP contribution in [-0.4, -0.2) is 25.0 Å². The summed E-state index contributed by atoms with van der Waals surface area (Å²) in [5.74, 6) is -0.442. The van der Waals surface area contributed by atoms with Gasteiger partial charge in [0.1, 0.15) is 18.1 Å². The molecule has 7 heteroatoms. The second-order valence-corrected chi connectivity index (χ2v) is 9.46. The van der Waals surface area contributed by atoms with Gasteiger partial charge in [0.15, 0.2) is 0 Å². The summed E-state index contributed by atoms with van der Waals surface area (Å²) in [5.41, 5.74) is 2.90. The van der Waals surface area contributed by atoms with Crippen molar-refractivity contribution in [3.8, 4) is 0 Å². The Kier molecular flexibility index (Phi) is 6.62. The summed E-state index contributed by atoms with van der Waals surface area (Å²) in [7, 11) is 0. The van der Waals surface area contributed by atoms with Crippen molar-refractivity contribution in [3.05, 3.63) is 74.3 Å². The minimum absolute atomic E-state index is 0.102. The summed E-state index contributed by atoms with van der Waals surface area (Å²) >= 11 is 3.08. The van der Waals surface area contributed by atoms with Gasteiger partial charge in [0.2, 0.25) is 5.91 Å². The summed E-state index contributed by atoms with van der Waals surface area (Å²) in [4.78, 5) is 28.9. The first-order chi connectivity index (χ1) is 14.6. The van der Waals surface area contributed by atoms with Crippen molar-refractivity contribution in [2.24, 2.45) is 0 Å². The number of quaternary nitrogens is 1. The SMILES string of the molecule is CCOC(=O)c1c(NC(=O)Cc2cccs2)sc2c1CC[NH+](Cc1ccccc1)C2. The molecule has 1 amide bonds. The van der Waals surface area contributed by atoms with Crippen LogP contribution in [0.25, 0.3) is 0 Å². The normalized spacial score (nSPS) is 15.4. The largest absolute Gasteiger partial charge is 0.462 e. The van der Waals surface area contributed by atoms with E-state index in [4.69, 9.17) is 4.74 Å². The van der Waals surface area contributed by atoms with Crippen molar-refractivity contribution in [1.29, 1.82) is 0 Å². The Labute approximate surface area is 184 Å². The summed E-state index contributed by atoms with van der Waals surface area (Å²) in [5, 5.41) is 5.57. The first-order valence-electron chi connectivity index (χ1n) is 10.2. The number of anilines is 1. The van der Waals surface area contributed by atoms with E-state index in [-0.39, 0.29) is 11.9 Å². The van der Waals surface area contributed by atoms with Gasteiger partial charge in [-0.05, 0) is 23.9 Å². The molecule has 4 rings (SSSR count). The molecule has 2 aromatic heterocycles. The van der Waals surface area contributed by atoms with E-state index in [9.17, 15) is 9.59 Å². The Morgan fingerprint density at radius 2 is 2.00 bits per heavy atom. The van der Waals surface area contributed by atoms with Crippen LogP contribution in [-0.2, 0) is 35.5 Å². The molecule has 1 atom stereocenters. The summed E-state index contributed by atoms with van der Waals surface area (Å²) in [6, 6.07) is 14.3. The van der Waals surface area contributed by atoms with Crippen LogP contribution in [0.15, 0.2) is 47.8 Å². The number of amides is 1. The number of benzene rings is 1. The van der Waals surface area contributed by atoms with Crippen LogP contribution in [0, 0.1) is 0 Å². The number of thiophene rings is 2. The second kappa shape index (κ2) is 9.55. The maximum absolute atomic E-state index is 12.7. The maximum Gasteiger partial charge on any atom is 0.341 e. The van der Waals surface area contributed by atoms with Crippen molar-refractivity contribution in [3.63, 3.8) is 0 Å². The zero-order valence-electron chi connectivity index (χ0n) is 16.9. The Hall–Kier alpha value is -2.48. The van der Waals surface area contributed by atoms with E-state index in [1.165, 1.54) is 26.7 Å². The number of carbonyl (C=O) groups is 2. The van der Waals surface area contributed by atoms with Crippen LogP contribution in [0.5, 0.6) is 0 Å².